The summed E-state index contributed by atoms with van der Waals surface area (Å²) in [5.74, 6) is 1.82. The second-order valence-electron chi connectivity index (χ2n) is 10.2. The first-order valence-corrected chi connectivity index (χ1v) is 13.4. The van der Waals surface area contributed by atoms with E-state index in [-0.39, 0.29) is 18.1 Å². The summed E-state index contributed by atoms with van der Waals surface area (Å²) in [6, 6.07) is 15.9. The maximum atomic E-state index is 12.2. The SMILES string of the molecule is CC(C)(C)OC(=O)N1CCC(Oc2ccc(COc3ccc(C[C@H]4CO[S@@](=O)OC4)cc3)cc2)CC1. The molecule has 2 heterocycles. The molecule has 2 aliphatic heterocycles. The van der Waals surface area contributed by atoms with E-state index >= 15 is 0 Å². The van der Waals surface area contributed by atoms with Gasteiger partial charge in [0, 0.05) is 31.8 Å². The summed E-state index contributed by atoms with van der Waals surface area (Å²) in [4.78, 5) is 14.0. The van der Waals surface area contributed by atoms with E-state index in [1.807, 2.05) is 69.3 Å². The van der Waals surface area contributed by atoms with Crippen molar-refractivity contribution in [2.45, 2.75) is 58.3 Å². The van der Waals surface area contributed by atoms with E-state index in [0.29, 0.717) is 32.9 Å². The smallest absolute Gasteiger partial charge is 0.410 e. The van der Waals surface area contributed by atoms with Gasteiger partial charge >= 0.3 is 17.5 Å². The zero-order chi connectivity index (χ0) is 25.5. The summed E-state index contributed by atoms with van der Waals surface area (Å²) in [5, 5.41) is 0. The lowest BCUT2D eigenvalue weighted by Gasteiger charge is -2.33. The Morgan fingerprint density at radius 2 is 1.53 bits per heavy atom. The third kappa shape index (κ3) is 8.21. The van der Waals surface area contributed by atoms with Crippen LogP contribution in [0.2, 0.25) is 0 Å². The fourth-order valence-corrected chi connectivity index (χ4v) is 4.74. The minimum Gasteiger partial charge on any atom is -0.490 e. The number of piperidine rings is 1. The van der Waals surface area contributed by atoms with Gasteiger partial charge < -0.3 is 19.1 Å². The van der Waals surface area contributed by atoms with E-state index in [1.54, 1.807) is 4.90 Å². The molecule has 2 fully saturated rings. The lowest BCUT2D eigenvalue weighted by Crippen LogP contribution is -2.44. The molecule has 2 aromatic rings. The number of nitrogens with zero attached hydrogens (tertiary/aromatic N) is 1. The van der Waals surface area contributed by atoms with Gasteiger partial charge in [-0.1, -0.05) is 24.3 Å². The van der Waals surface area contributed by atoms with Gasteiger partial charge in [0.05, 0.1) is 13.2 Å². The summed E-state index contributed by atoms with van der Waals surface area (Å²) in [6.07, 6.45) is 2.19. The molecule has 9 heteroatoms. The first kappa shape index (κ1) is 26.4. The Kier molecular flexibility index (Phi) is 8.87. The topological polar surface area (TPSA) is 83.5 Å². The van der Waals surface area contributed by atoms with Crippen molar-refractivity contribution in [3.63, 3.8) is 0 Å². The number of benzene rings is 2. The number of amides is 1. The van der Waals surface area contributed by atoms with Crippen LogP contribution in [0.4, 0.5) is 4.79 Å². The molecule has 0 N–H and O–H groups in total. The zero-order valence-electron chi connectivity index (χ0n) is 21.1. The van der Waals surface area contributed by atoms with Crippen molar-refractivity contribution in [1.82, 2.24) is 4.90 Å². The van der Waals surface area contributed by atoms with Crippen LogP contribution in [0.5, 0.6) is 11.5 Å². The van der Waals surface area contributed by atoms with Crippen molar-refractivity contribution >= 4 is 17.5 Å². The summed E-state index contributed by atoms with van der Waals surface area (Å²) >= 11 is -1.60. The molecule has 0 aliphatic carbocycles. The minimum atomic E-state index is -1.60. The number of rotatable bonds is 7. The molecule has 196 valence electrons. The highest BCUT2D eigenvalue weighted by molar-refractivity contribution is 7.75. The first-order chi connectivity index (χ1) is 17.2. The molecule has 4 rings (SSSR count). The van der Waals surface area contributed by atoms with Gasteiger partial charge in [-0.15, -0.1) is 0 Å². The van der Waals surface area contributed by atoms with Crippen molar-refractivity contribution in [1.29, 1.82) is 0 Å². The molecule has 1 amide bonds. The molecule has 0 spiro atoms. The predicted molar refractivity (Wildman–Crippen MR) is 136 cm³/mol. The molecule has 0 saturated carbocycles. The van der Waals surface area contributed by atoms with Gasteiger partial charge in [0.25, 0.3) is 0 Å². The van der Waals surface area contributed by atoms with Gasteiger partial charge in [-0.3, -0.25) is 8.37 Å². The molecule has 36 heavy (non-hydrogen) atoms. The number of ether oxygens (including phenoxy) is 3. The Labute approximate surface area is 215 Å². The lowest BCUT2D eigenvalue weighted by atomic mass is 10.0. The number of carbonyl (C=O) groups is 1. The van der Waals surface area contributed by atoms with Crippen LogP contribution < -0.4 is 9.47 Å². The zero-order valence-corrected chi connectivity index (χ0v) is 22.0. The average molecular weight is 518 g/mol. The van der Waals surface area contributed by atoms with E-state index in [9.17, 15) is 9.00 Å². The van der Waals surface area contributed by atoms with Crippen molar-refractivity contribution < 1.29 is 31.6 Å². The van der Waals surface area contributed by atoms with Gasteiger partial charge in [-0.05, 0) is 62.6 Å². The molecule has 2 aromatic carbocycles. The van der Waals surface area contributed by atoms with Crippen LogP contribution in [0.15, 0.2) is 48.5 Å². The van der Waals surface area contributed by atoms with Crippen LogP contribution in [0.1, 0.15) is 44.7 Å². The summed E-state index contributed by atoms with van der Waals surface area (Å²) in [7, 11) is 0. The fourth-order valence-electron chi connectivity index (χ4n) is 4.06. The number of carbonyl (C=O) groups excluding carboxylic acids is 1. The molecule has 8 nitrogen and oxygen atoms in total. The largest absolute Gasteiger partial charge is 0.490 e. The molecule has 0 bridgehead atoms. The molecule has 0 aromatic heterocycles. The quantitative estimate of drug-likeness (QED) is 0.520. The molecule has 0 atom stereocenters. The van der Waals surface area contributed by atoms with Gasteiger partial charge in [0.15, 0.2) is 0 Å². The summed E-state index contributed by atoms with van der Waals surface area (Å²) in [6.45, 7) is 8.24. The molecular formula is C27H35NO7S. The van der Waals surface area contributed by atoms with Crippen molar-refractivity contribution in [3.8, 4) is 11.5 Å². The van der Waals surface area contributed by atoms with E-state index < -0.39 is 17.0 Å². The Bertz CT molecular complexity index is 1000. The predicted octanol–water partition coefficient (Wildman–Crippen LogP) is 4.83. The molecule has 0 unspecified atom stereocenters. The molecule has 0 radical (unpaired) electrons. The Morgan fingerprint density at radius 3 is 2.14 bits per heavy atom. The molecular weight excluding hydrogens is 482 g/mol. The third-order valence-electron chi connectivity index (χ3n) is 5.97. The number of hydrogen-bond donors (Lipinski definition) is 0. The number of hydrogen-bond acceptors (Lipinski definition) is 7. The second-order valence-corrected chi connectivity index (χ2v) is 11.1. The highest BCUT2D eigenvalue weighted by atomic mass is 32.2. The van der Waals surface area contributed by atoms with Crippen molar-refractivity contribution in [2.75, 3.05) is 26.3 Å². The van der Waals surface area contributed by atoms with E-state index in [0.717, 1.165) is 41.9 Å². The van der Waals surface area contributed by atoms with Crippen molar-refractivity contribution in [3.05, 3.63) is 59.7 Å². The van der Waals surface area contributed by atoms with Crippen LogP contribution in [-0.2, 0) is 37.5 Å². The van der Waals surface area contributed by atoms with Gasteiger partial charge in [0.1, 0.15) is 29.8 Å². The standard InChI is InChI=1S/C27H35NO7S/c1-27(2,3)35-26(29)28-14-12-25(13-15-28)34-24-10-6-21(7-11-24)17-31-23-8-4-20(5-9-23)16-22-18-32-36(30)33-19-22/h4-11,22,25H,12-19H2,1-3H3/t22-,36+. The van der Waals surface area contributed by atoms with Crippen LogP contribution >= 0.6 is 0 Å². The van der Waals surface area contributed by atoms with Crippen LogP contribution in [0, 0.1) is 5.92 Å². The van der Waals surface area contributed by atoms with Crippen molar-refractivity contribution in [2.24, 2.45) is 5.92 Å². The minimum absolute atomic E-state index is 0.0817. The Hall–Kier alpha value is -2.62. The van der Waals surface area contributed by atoms with Crippen LogP contribution in [0.3, 0.4) is 0 Å². The number of likely N-dealkylation sites (tertiary alicyclic amines) is 1. The molecule has 2 saturated heterocycles. The van der Waals surface area contributed by atoms with Crippen LogP contribution in [0.25, 0.3) is 0 Å². The third-order valence-corrected chi connectivity index (χ3v) is 6.63. The summed E-state index contributed by atoms with van der Waals surface area (Å²) in [5.41, 5.74) is 1.73. The average Bonchev–Trinajstić information content (AvgIpc) is 2.85. The highest BCUT2D eigenvalue weighted by Gasteiger charge is 2.27. The van der Waals surface area contributed by atoms with Crippen LogP contribution in [-0.4, -0.2) is 53.2 Å². The first-order valence-electron chi connectivity index (χ1n) is 12.4. The van der Waals surface area contributed by atoms with Gasteiger partial charge in [-0.2, -0.15) is 4.21 Å². The Morgan fingerprint density at radius 1 is 0.944 bits per heavy atom. The van der Waals surface area contributed by atoms with E-state index in [1.165, 1.54) is 0 Å². The van der Waals surface area contributed by atoms with Gasteiger partial charge in [-0.25, -0.2) is 4.79 Å². The normalized spacial score (nSPS) is 21.1. The highest BCUT2D eigenvalue weighted by Crippen LogP contribution is 2.23. The molecule has 2 aliphatic rings. The monoisotopic (exact) mass is 517 g/mol. The fraction of sp³-hybridized carbons (Fsp3) is 0.519. The van der Waals surface area contributed by atoms with E-state index in [4.69, 9.17) is 22.6 Å². The maximum Gasteiger partial charge on any atom is 0.410 e. The maximum absolute atomic E-state index is 12.2. The van der Waals surface area contributed by atoms with Gasteiger partial charge in [0.2, 0.25) is 0 Å². The second kappa shape index (κ2) is 12.1. The summed E-state index contributed by atoms with van der Waals surface area (Å²) < 4.78 is 38.7. The lowest BCUT2D eigenvalue weighted by molar-refractivity contribution is 0.0126. The Balaban J connectivity index is 1.18. The van der Waals surface area contributed by atoms with E-state index in [2.05, 4.69) is 0 Å².